The molecule has 0 atom stereocenters. The molecule has 2 nitrogen and oxygen atoms in total. The van der Waals surface area contributed by atoms with Crippen molar-refractivity contribution in [2.24, 2.45) is 0 Å². The lowest BCUT2D eigenvalue weighted by atomic mass is 10.1. The van der Waals surface area contributed by atoms with Crippen LogP contribution in [0, 0.1) is 0 Å². The maximum atomic E-state index is 5.70. The molecule has 3 heteroatoms. The maximum Gasteiger partial charge on any atom is 0.0862 e. The Labute approximate surface area is 70.6 Å². The molecule has 0 unspecified atom stereocenters. The lowest BCUT2D eigenvalue weighted by molar-refractivity contribution is 0.315. The van der Waals surface area contributed by atoms with E-state index in [-0.39, 0.29) is 0 Å². The molecule has 2 rings (SSSR count). The first kappa shape index (κ1) is 7.13. The Balaban J connectivity index is 2.34. The zero-order chi connectivity index (χ0) is 7.84. The van der Waals surface area contributed by atoms with Crippen molar-refractivity contribution in [3.05, 3.63) is 16.5 Å². The normalized spacial score (nSPS) is 18.3. The molecule has 0 aromatic carbocycles. The number of thiophene rings is 1. The second-order valence-electron chi connectivity index (χ2n) is 3.08. The predicted octanol–water partition coefficient (Wildman–Crippen LogP) is 1.32. The van der Waals surface area contributed by atoms with Crippen LogP contribution >= 0.6 is 11.3 Å². The Hall–Kier alpha value is -0.540. The smallest absolute Gasteiger partial charge is 0.0862 e. The van der Waals surface area contributed by atoms with Crippen molar-refractivity contribution >= 4 is 16.3 Å². The molecule has 1 aromatic heterocycles. The average Bonchev–Trinajstić information content (AvgIpc) is 2.27. The maximum absolute atomic E-state index is 5.70. The van der Waals surface area contributed by atoms with E-state index in [1.807, 2.05) is 0 Å². The second kappa shape index (κ2) is 2.50. The number of nitrogen functional groups attached to an aromatic ring is 1. The quantitative estimate of drug-likeness (QED) is 0.633. The molecule has 0 saturated carbocycles. The van der Waals surface area contributed by atoms with Gasteiger partial charge in [0.1, 0.15) is 0 Å². The summed E-state index contributed by atoms with van der Waals surface area (Å²) in [4.78, 5) is 3.81. The van der Waals surface area contributed by atoms with E-state index in [9.17, 15) is 0 Å². The van der Waals surface area contributed by atoms with Crippen LogP contribution < -0.4 is 5.73 Å². The third-order valence-corrected chi connectivity index (χ3v) is 3.14. The van der Waals surface area contributed by atoms with Crippen molar-refractivity contribution in [2.45, 2.75) is 13.0 Å². The van der Waals surface area contributed by atoms with Crippen molar-refractivity contribution in [2.75, 3.05) is 19.3 Å². The highest BCUT2D eigenvalue weighted by Crippen LogP contribution is 2.28. The minimum absolute atomic E-state index is 0.963. The summed E-state index contributed by atoms with van der Waals surface area (Å²) in [5.41, 5.74) is 7.14. The number of nitrogens with zero attached hydrogens (tertiary/aromatic N) is 1. The van der Waals surface area contributed by atoms with E-state index in [1.54, 1.807) is 11.3 Å². The van der Waals surface area contributed by atoms with Crippen molar-refractivity contribution in [3.63, 3.8) is 0 Å². The van der Waals surface area contributed by atoms with E-state index in [4.69, 9.17) is 5.73 Å². The van der Waals surface area contributed by atoms with Gasteiger partial charge in [-0.25, -0.2) is 0 Å². The summed E-state index contributed by atoms with van der Waals surface area (Å²) in [6.45, 7) is 2.25. The SMILES string of the molecule is CN1CCc2sc(N)cc2C1. The van der Waals surface area contributed by atoms with Crippen LogP contribution in [-0.4, -0.2) is 18.5 Å². The second-order valence-corrected chi connectivity index (χ2v) is 4.25. The molecule has 0 bridgehead atoms. The van der Waals surface area contributed by atoms with Crippen LogP contribution in [0.15, 0.2) is 6.07 Å². The predicted molar refractivity (Wildman–Crippen MR) is 48.8 cm³/mol. The van der Waals surface area contributed by atoms with Gasteiger partial charge < -0.3 is 10.6 Å². The number of fused-ring (bicyclic) bond motifs is 1. The average molecular weight is 168 g/mol. The lowest BCUT2D eigenvalue weighted by Crippen LogP contribution is -2.25. The summed E-state index contributed by atoms with van der Waals surface area (Å²) in [6.07, 6.45) is 1.17. The van der Waals surface area contributed by atoms with E-state index < -0.39 is 0 Å². The third kappa shape index (κ3) is 1.26. The summed E-state index contributed by atoms with van der Waals surface area (Å²) in [6, 6.07) is 2.11. The number of anilines is 1. The monoisotopic (exact) mass is 168 g/mol. The van der Waals surface area contributed by atoms with E-state index in [0.717, 1.165) is 11.5 Å². The Bertz CT molecular complexity index is 267. The van der Waals surface area contributed by atoms with Gasteiger partial charge in [-0.15, -0.1) is 11.3 Å². The minimum atomic E-state index is 0.963. The molecule has 0 spiro atoms. The zero-order valence-corrected chi connectivity index (χ0v) is 7.45. The molecule has 0 fully saturated rings. The fourth-order valence-electron chi connectivity index (χ4n) is 1.50. The molecule has 1 aliphatic heterocycles. The molecule has 0 aliphatic carbocycles. The van der Waals surface area contributed by atoms with E-state index in [1.165, 1.54) is 23.4 Å². The molecule has 1 aromatic rings. The third-order valence-electron chi connectivity index (χ3n) is 2.08. The van der Waals surface area contributed by atoms with Gasteiger partial charge in [-0.2, -0.15) is 0 Å². The van der Waals surface area contributed by atoms with Gasteiger partial charge in [0.05, 0.1) is 5.00 Å². The number of hydrogen-bond acceptors (Lipinski definition) is 3. The van der Waals surface area contributed by atoms with Crippen molar-refractivity contribution in [3.8, 4) is 0 Å². The molecular formula is C8H12N2S. The van der Waals surface area contributed by atoms with E-state index >= 15 is 0 Å². The highest BCUT2D eigenvalue weighted by molar-refractivity contribution is 7.16. The highest BCUT2D eigenvalue weighted by Gasteiger charge is 2.14. The van der Waals surface area contributed by atoms with Crippen LogP contribution in [0.2, 0.25) is 0 Å². The molecule has 60 valence electrons. The number of likely N-dealkylation sites (N-methyl/N-ethyl adjacent to an activating group) is 1. The van der Waals surface area contributed by atoms with Gasteiger partial charge in [-0.05, 0) is 25.1 Å². The van der Waals surface area contributed by atoms with E-state index in [2.05, 4.69) is 18.0 Å². The molecule has 11 heavy (non-hydrogen) atoms. The number of nitrogens with two attached hydrogens (primary N) is 1. The van der Waals surface area contributed by atoms with E-state index in [0.29, 0.717) is 0 Å². The molecule has 0 amide bonds. The summed E-state index contributed by atoms with van der Waals surface area (Å²) in [5, 5.41) is 0.963. The van der Waals surface area contributed by atoms with Crippen LogP contribution in [-0.2, 0) is 13.0 Å². The topological polar surface area (TPSA) is 29.3 Å². The molecule has 0 saturated heterocycles. The fourth-order valence-corrected chi connectivity index (χ4v) is 2.43. The molecule has 2 N–H and O–H groups in total. The van der Waals surface area contributed by atoms with Crippen molar-refractivity contribution in [1.29, 1.82) is 0 Å². The van der Waals surface area contributed by atoms with Gasteiger partial charge in [-0.1, -0.05) is 0 Å². The van der Waals surface area contributed by atoms with Gasteiger partial charge in [0.2, 0.25) is 0 Å². The van der Waals surface area contributed by atoms with Crippen molar-refractivity contribution in [1.82, 2.24) is 4.90 Å². The van der Waals surface area contributed by atoms with Crippen LogP contribution in [0.5, 0.6) is 0 Å². The van der Waals surface area contributed by atoms with Crippen molar-refractivity contribution < 1.29 is 0 Å². The first-order valence-electron chi connectivity index (χ1n) is 3.81. The Morgan fingerprint density at radius 3 is 3.27 bits per heavy atom. The molecule has 2 heterocycles. The van der Waals surface area contributed by atoms with Gasteiger partial charge in [0.15, 0.2) is 0 Å². The molecular weight excluding hydrogens is 156 g/mol. The summed E-state index contributed by atoms with van der Waals surface area (Å²) < 4.78 is 0. The summed E-state index contributed by atoms with van der Waals surface area (Å²) in [5.74, 6) is 0. The largest absolute Gasteiger partial charge is 0.391 e. The lowest BCUT2D eigenvalue weighted by Gasteiger charge is -2.21. The highest BCUT2D eigenvalue weighted by atomic mass is 32.1. The first-order valence-corrected chi connectivity index (χ1v) is 4.63. The Morgan fingerprint density at radius 2 is 2.45 bits per heavy atom. The summed E-state index contributed by atoms with van der Waals surface area (Å²) in [7, 11) is 2.15. The number of rotatable bonds is 0. The number of hydrogen-bond donors (Lipinski definition) is 1. The van der Waals surface area contributed by atoms with Gasteiger partial charge >= 0.3 is 0 Å². The van der Waals surface area contributed by atoms with Crippen LogP contribution in [0.25, 0.3) is 0 Å². The first-order chi connectivity index (χ1) is 5.25. The zero-order valence-electron chi connectivity index (χ0n) is 6.63. The molecule has 1 aliphatic rings. The minimum Gasteiger partial charge on any atom is -0.391 e. The Morgan fingerprint density at radius 1 is 1.64 bits per heavy atom. The van der Waals surface area contributed by atoms with Gasteiger partial charge in [0.25, 0.3) is 0 Å². The Kier molecular flexibility index (Phi) is 1.62. The molecule has 0 radical (unpaired) electrons. The summed E-state index contributed by atoms with van der Waals surface area (Å²) >= 11 is 1.74. The van der Waals surface area contributed by atoms with Crippen LogP contribution in [0.3, 0.4) is 0 Å². The standard InChI is InChI=1S/C8H12N2S/c1-10-3-2-7-6(5-10)4-8(9)11-7/h4H,2-3,5,9H2,1H3. The van der Waals surface area contributed by atoms with Crippen LogP contribution in [0.1, 0.15) is 10.4 Å². The van der Waals surface area contributed by atoms with Gasteiger partial charge in [-0.3, -0.25) is 0 Å². The van der Waals surface area contributed by atoms with Crippen LogP contribution in [0.4, 0.5) is 5.00 Å². The fraction of sp³-hybridized carbons (Fsp3) is 0.500. The van der Waals surface area contributed by atoms with Gasteiger partial charge in [0, 0.05) is 18.0 Å².